The lowest BCUT2D eigenvalue weighted by Crippen LogP contribution is -2.37. The van der Waals surface area contributed by atoms with Crippen LogP contribution in [0.25, 0.3) is 34.1 Å². The van der Waals surface area contributed by atoms with Crippen LogP contribution >= 0.6 is 15.9 Å². The molecule has 2 heteroatoms. The molecule has 0 saturated carbocycles. The van der Waals surface area contributed by atoms with Gasteiger partial charge in [-0.05, 0) is 51.2 Å². The zero-order chi connectivity index (χ0) is 20.4. The lowest BCUT2D eigenvalue weighted by atomic mass is 10.0. The zero-order valence-corrected chi connectivity index (χ0v) is 19.7. The van der Waals surface area contributed by atoms with Crippen molar-refractivity contribution >= 4 is 52.1 Å². The molecule has 0 bridgehead atoms. The van der Waals surface area contributed by atoms with Gasteiger partial charge in [0.25, 0.3) is 0 Å². The molecule has 144 valence electrons. The molecule has 0 nitrogen and oxygen atoms in total. The Balaban J connectivity index is 1.51. The SMILES string of the molecule is C[Si](C)(C)c1ccc(-c2ccc(/C=C/c3ccc4cc(Br)ccc4c3)cc2)cc1. The summed E-state index contributed by atoms with van der Waals surface area (Å²) < 4.78 is 1.11. The van der Waals surface area contributed by atoms with E-state index in [0.29, 0.717) is 0 Å². The van der Waals surface area contributed by atoms with E-state index in [1.54, 1.807) is 0 Å². The van der Waals surface area contributed by atoms with Crippen LogP contribution in [0.3, 0.4) is 0 Å². The largest absolute Gasteiger partial charge is 0.0775 e. The summed E-state index contributed by atoms with van der Waals surface area (Å²) in [6.07, 6.45) is 4.36. The third kappa shape index (κ3) is 4.77. The summed E-state index contributed by atoms with van der Waals surface area (Å²) in [5.74, 6) is 0. The monoisotopic (exact) mass is 456 g/mol. The van der Waals surface area contributed by atoms with E-state index in [1.165, 1.54) is 38.2 Å². The normalized spacial score (nSPS) is 12.0. The van der Waals surface area contributed by atoms with Gasteiger partial charge in [-0.2, -0.15) is 0 Å². The van der Waals surface area contributed by atoms with Gasteiger partial charge < -0.3 is 0 Å². The average molecular weight is 457 g/mol. The van der Waals surface area contributed by atoms with Gasteiger partial charge >= 0.3 is 0 Å². The number of benzene rings is 4. The molecule has 4 aromatic rings. The van der Waals surface area contributed by atoms with Crippen LogP contribution in [0, 0.1) is 0 Å². The molecule has 4 aromatic carbocycles. The summed E-state index contributed by atoms with van der Waals surface area (Å²) >= 11 is 3.53. The van der Waals surface area contributed by atoms with Gasteiger partial charge in [-0.3, -0.25) is 0 Å². The van der Waals surface area contributed by atoms with Crippen LogP contribution in [0.2, 0.25) is 19.6 Å². The van der Waals surface area contributed by atoms with Crippen molar-refractivity contribution in [3.05, 3.63) is 101 Å². The van der Waals surface area contributed by atoms with Crippen LogP contribution in [0.1, 0.15) is 11.1 Å². The third-order valence-electron chi connectivity index (χ3n) is 5.29. The van der Waals surface area contributed by atoms with Crippen molar-refractivity contribution in [2.75, 3.05) is 0 Å². The Hall–Kier alpha value is -2.42. The first kappa shape index (κ1) is 19.9. The van der Waals surface area contributed by atoms with Crippen molar-refractivity contribution in [1.82, 2.24) is 0 Å². The fourth-order valence-electron chi connectivity index (χ4n) is 3.48. The summed E-state index contributed by atoms with van der Waals surface area (Å²) in [4.78, 5) is 0. The van der Waals surface area contributed by atoms with E-state index >= 15 is 0 Å². The second-order valence-corrected chi connectivity index (χ2v) is 14.5. The number of hydrogen-bond donors (Lipinski definition) is 0. The second-order valence-electron chi connectivity index (χ2n) is 8.53. The Bertz CT molecular complexity index is 1160. The molecular weight excluding hydrogens is 432 g/mol. The predicted molar refractivity (Wildman–Crippen MR) is 135 cm³/mol. The highest BCUT2D eigenvalue weighted by atomic mass is 79.9. The van der Waals surface area contributed by atoms with E-state index in [-0.39, 0.29) is 0 Å². The van der Waals surface area contributed by atoms with E-state index < -0.39 is 8.07 Å². The fraction of sp³-hybridized carbons (Fsp3) is 0.111. The molecule has 0 atom stereocenters. The van der Waals surface area contributed by atoms with Gasteiger partial charge in [-0.25, -0.2) is 0 Å². The van der Waals surface area contributed by atoms with Crippen LogP contribution in [-0.4, -0.2) is 8.07 Å². The molecule has 4 rings (SSSR count). The minimum atomic E-state index is -1.24. The van der Waals surface area contributed by atoms with Crippen molar-refractivity contribution in [2.45, 2.75) is 19.6 Å². The molecule has 0 radical (unpaired) electrons. The maximum atomic E-state index is 3.53. The fourth-order valence-corrected chi connectivity index (χ4v) is 5.03. The minimum absolute atomic E-state index is 1.11. The van der Waals surface area contributed by atoms with Crippen LogP contribution in [0.15, 0.2) is 89.4 Å². The molecule has 0 N–H and O–H groups in total. The molecule has 0 amide bonds. The number of halogens is 1. The quantitative estimate of drug-likeness (QED) is 0.215. The maximum Gasteiger partial charge on any atom is 0.0775 e. The Morgan fingerprint density at radius 1 is 0.586 bits per heavy atom. The van der Waals surface area contributed by atoms with E-state index in [4.69, 9.17) is 0 Å². The zero-order valence-electron chi connectivity index (χ0n) is 17.1. The van der Waals surface area contributed by atoms with Gasteiger partial charge in [0.2, 0.25) is 0 Å². The highest BCUT2D eigenvalue weighted by Crippen LogP contribution is 2.23. The van der Waals surface area contributed by atoms with Gasteiger partial charge in [0.1, 0.15) is 0 Å². The molecule has 0 unspecified atom stereocenters. The molecular formula is C27H25BrSi. The van der Waals surface area contributed by atoms with Crippen LogP contribution in [0.5, 0.6) is 0 Å². The average Bonchev–Trinajstić information content (AvgIpc) is 2.72. The van der Waals surface area contributed by atoms with E-state index in [1.807, 2.05) is 0 Å². The molecule has 0 saturated heterocycles. The van der Waals surface area contributed by atoms with Crippen LogP contribution in [0.4, 0.5) is 0 Å². The van der Waals surface area contributed by atoms with Crippen molar-refractivity contribution in [1.29, 1.82) is 0 Å². The molecule has 0 fully saturated rings. The third-order valence-corrected chi connectivity index (χ3v) is 7.85. The van der Waals surface area contributed by atoms with Crippen molar-refractivity contribution in [2.24, 2.45) is 0 Å². The Kier molecular flexibility index (Phi) is 5.58. The molecule has 0 aliphatic carbocycles. The van der Waals surface area contributed by atoms with Crippen molar-refractivity contribution in [3.63, 3.8) is 0 Å². The minimum Gasteiger partial charge on any atom is -0.0656 e. The van der Waals surface area contributed by atoms with Crippen molar-refractivity contribution < 1.29 is 0 Å². The Morgan fingerprint density at radius 2 is 1.10 bits per heavy atom. The first-order valence-corrected chi connectivity index (χ1v) is 14.3. The summed E-state index contributed by atoms with van der Waals surface area (Å²) in [6.45, 7) is 7.16. The lowest BCUT2D eigenvalue weighted by molar-refractivity contribution is 1.60. The molecule has 0 spiro atoms. The van der Waals surface area contributed by atoms with E-state index in [0.717, 1.165) is 4.47 Å². The molecule has 0 aliphatic heterocycles. The second kappa shape index (κ2) is 8.14. The van der Waals surface area contributed by atoms with Gasteiger partial charge in [-0.1, -0.05) is 120 Å². The molecule has 29 heavy (non-hydrogen) atoms. The summed E-state index contributed by atoms with van der Waals surface area (Å²) in [6, 6.07) is 30.9. The Labute approximate surface area is 183 Å². The van der Waals surface area contributed by atoms with Crippen LogP contribution < -0.4 is 5.19 Å². The van der Waals surface area contributed by atoms with Gasteiger partial charge in [0, 0.05) is 4.47 Å². The smallest absolute Gasteiger partial charge is 0.0656 e. The maximum absolute atomic E-state index is 3.53. The molecule has 0 aliphatic rings. The molecule has 0 heterocycles. The summed E-state index contributed by atoms with van der Waals surface area (Å²) in [7, 11) is -1.24. The van der Waals surface area contributed by atoms with Crippen LogP contribution in [-0.2, 0) is 0 Å². The van der Waals surface area contributed by atoms with Gasteiger partial charge in [-0.15, -0.1) is 0 Å². The topological polar surface area (TPSA) is 0 Å². The van der Waals surface area contributed by atoms with E-state index in [2.05, 4.69) is 133 Å². The number of fused-ring (bicyclic) bond motifs is 1. The highest BCUT2D eigenvalue weighted by molar-refractivity contribution is 9.10. The molecule has 0 aromatic heterocycles. The van der Waals surface area contributed by atoms with E-state index in [9.17, 15) is 0 Å². The lowest BCUT2D eigenvalue weighted by Gasteiger charge is -2.16. The predicted octanol–water partition coefficient (Wildman–Crippen LogP) is 7.98. The first-order valence-electron chi connectivity index (χ1n) is 9.97. The summed E-state index contributed by atoms with van der Waals surface area (Å²) in [5, 5.41) is 4.01. The number of rotatable bonds is 4. The van der Waals surface area contributed by atoms with Gasteiger partial charge in [0.05, 0.1) is 8.07 Å². The Morgan fingerprint density at radius 3 is 1.76 bits per heavy atom. The van der Waals surface area contributed by atoms with Gasteiger partial charge in [0.15, 0.2) is 0 Å². The first-order chi connectivity index (χ1) is 13.9. The summed E-state index contributed by atoms with van der Waals surface area (Å²) in [5.41, 5.74) is 4.97. The van der Waals surface area contributed by atoms with Crippen molar-refractivity contribution in [3.8, 4) is 11.1 Å². The standard InChI is InChI=1S/C27H25BrSi/c1-29(2,3)27-16-13-23(14-17-27)22-9-6-20(7-10-22)4-5-21-8-11-25-19-26(28)15-12-24(25)18-21/h4-19H,1-3H3/b5-4+. The number of hydrogen-bond acceptors (Lipinski definition) is 0. The highest BCUT2D eigenvalue weighted by Gasteiger charge is 2.15.